The highest BCUT2D eigenvalue weighted by Gasteiger charge is 2.26. The largest absolute Gasteiger partial charge is 0.481 e. The lowest BCUT2D eigenvalue weighted by molar-refractivity contribution is -0.147. The van der Waals surface area contributed by atoms with Crippen molar-refractivity contribution in [3.63, 3.8) is 0 Å². The molecule has 1 aromatic rings. The summed E-state index contributed by atoms with van der Waals surface area (Å²) in [5, 5.41) is 9.21. The lowest BCUT2D eigenvalue weighted by Crippen LogP contribution is -2.23. The minimum absolute atomic E-state index is 0.383. The predicted molar refractivity (Wildman–Crippen MR) is 114 cm³/mol. The Hall–Kier alpha value is -1.84. The van der Waals surface area contributed by atoms with Crippen LogP contribution in [0, 0.1) is 19.3 Å². The van der Waals surface area contributed by atoms with Crippen molar-refractivity contribution in [2.45, 2.75) is 98.5 Å². The smallest absolute Gasteiger partial charge is 0.309 e. The minimum atomic E-state index is -0.718. The number of carbonyl (C=O) groups is 2. The SMILES string of the molecule is Cc1c(CCCCC(C)(C)OC=O)ccc(CCCCC(C)(C)C(=O)O)c1C. The van der Waals surface area contributed by atoms with E-state index in [-0.39, 0.29) is 5.60 Å². The van der Waals surface area contributed by atoms with E-state index in [1.807, 2.05) is 13.8 Å². The summed E-state index contributed by atoms with van der Waals surface area (Å²) in [5.41, 5.74) is 4.47. The third kappa shape index (κ3) is 7.65. The molecule has 28 heavy (non-hydrogen) atoms. The zero-order valence-corrected chi connectivity index (χ0v) is 18.6. The summed E-state index contributed by atoms with van der Waals surface area (Å²) in [6, 6.07) is 4.48. The van der Waals surface area contributed by atoms with Crippen molar-refractivity contribution in [1.82, 2.24) is 0 Å². The second-order valence-corrected chi connectivity index (χ2v) is 9.21. The molecule has 4 nitrogen and oxygen atoms in total. The van der Waals surface area contributed by atoms with Gasteiger partial charge in [-0.25, -0.2) is 0 Å². The number of benzene rings is 1. The van der Waals surface area contributed by atoms with E-state index in [1.165, 1.54) is 22.3 Å². The van der Waals surface area contributed by atoms with E-state index in [4.69, 9.17) is 4.74 Å². The zero-order chi connectivity index (χ0) is 21.4. The number of ether oxygens (including phenoxy) is 1. The molecule has 0 unspecified atom stereocenters. The average molecular weight is 391 g/mol. The van der Waals surface area contributed by atoms with Gasteiger partial charge in [0.15, 0.2) is 0 Å². The molecule has 0 bridgehead atoms. The molecule has 158 valence electrons. The van der Waals surface area contributed by atoms with E-state index in [0.717, 1.165) is 44.9 Å². The quantitative estimate of drug-likeness (QED) is 0.342. The molecule has 0 heterocycles. The third-order valence-electron chi connectivity index (χ3n) is 5.93. The van der Waals surface area contributed by atoms with Crippen molar-refractivity contribution in [1.29, 1.82) is 0 Å². The molecule has 0 saturated carbocycles. The van der Waals surface area contributed by atoms with E-state index in [9.17, 15) is 14.7 Å². The molecule has 0 aliphatic carbocycles. The standard InChI is InChI=1S/C24H38O4/c1-18-19(2)21(12-8-10-16-24(5,6)28-17-25)14-13-20(18)11-7-9-15-23(3,4)22(26)27/h13-14,17H,7-12,15-16H2,1-6H3,(H,26,27). The first-order valence-corrected chi connectivity index (χ1v) is 10.4. The van der Waals surface area contributed by atoms with Gasteiger partial charge in [0.1, 0.15) is 5.60 Å². The van der Waals surface area contributed by atoms with Gasteiger partial charge in [0.2, 0.25) is 0 Å². The third-order valence-corrected chi connectivity index (χ3v) is 5.93. The maximum Gasteiger partial charge on any atom is 0.309 e. The molecule has 0 aliphatic rings. The fourth-order valence-electron chi connectivity index (χ4n) is 3.52. The number of hydrogen-bond acceptors (Lipinski definition) is 3. The van der Waals surface area contributed by atoms with Crippen LogP contribution in [-0.2, 0) is 27.2 Å². The molecule has 1 rings (SSSR count). The number of carboxylic acids is 1. The molecular formula is C24H38O4. The predicted octanol–water partition coefficient (Wildman–Crippen LogP) is 5.79. The number of aryl methyl sites for hydroxylation is 2. The number of aliphatic carboxylic acids is 1. The Morgan fingerprint density at radius 3 is 1.82 bits per heavy atom. The number of carbonyl (C=O) groups excluding carboxylic acids is 1. The van der Waals surface area contributed by atoms with Crippen LogP contribution >= 0.6 is 0 Å². The van der Waals surface area contributed by atoms with Gasteiger partial charge >= 0.3 is 5.97 Å². The molecule has 1 aromatic carbocycles. The van der Waals surface area contributed by atoms with E-state index in [0.29, 0.717) is 12.9 Å². The molecule has 0 aliphatic heterocycles. The normalized spacial score (nSPS) is 12.1. The van der Waals surface area contributed by atoms with Crippen LogP contribution in [0.4, 0.5) is 0 Å². The van der Waals surface area contributed by atoms with Crippen LogP contribution in [-0.4, -0.2) is 23.1 Å². The Balaban J connectivity index is 2.51. The van der Waals surface area contributed by atoms with Crippen LogP contribution in [0.2, 0.25) is 0 Å². The topological polar surface area (TPSA) is 63.6 Å². The highest BCUT2D eigenvalue weighted by molar-refractivity contribution is 5.73. The summed E-state index contributed by atoms with van der Waals surface area (Å²) in [6.45, 7) is 12.4. The van der Waals surface area contributed by atoms with Crippen LogP contribution in [0.15, 0.2) is 12.1 Å². The highest BCUT2D eigenvalue weighted by Crippen LogP contribution is 2.26. The lowest BCUT2D eigenvalue weighted by Gasteiger charge is -2.22. The minimum Gasteiger partial charge on any atom is -0.481 e. The van der Waals surface area contributed by atoms with Crippen molar-refractivity contribution < 1.29 is 19.4 Å². The summed E-state index contributed by atoms with van der Waals surface area (Å²) in [5.74, 6) is -0.718. The first-order chi connectivity index (χ1) is 13.0. The van der Waals surface area contributed by atoms with Crippen molar-refractivity contribution in [3.05, 3.63) is 34.4 Å². The maximum atomic E-state index is 11.2. The van der Waals surface area contributed by atoms with Gasteiger partial charge in [0.25, 0.3) is 6.47 Å². The maximum absolute atomic E-state index is 11.2. The molecular weight excluding hydrogens is 352 g/mol. The van der Waals surface area contributed by atoms with Crippen LogP contribution < -0.4 is 0 Å². The van der Waals surface area contributed by atoms with Gasteiger partial charge in [-0.1, -0.05) is 18.6 Å². The fourth-order valence-corrected chi connectivity index (χ4v) is 3.52. The molecule has 0 radical (unpaired) electrons. The van der Waals surface area contributed by atoms with Crippen LogP contribution in [0.5, 0.6) is 0 Å². The average Bonchev–Trinajstić information content (AvgIpc) is 2.60. The van der Waals surface area contributed by atoms with E-state index in [2.05, 4.69) is 26.0 Å². The molecule has 0 fully saturated rings. The Morgan fingerprint density at radius 2 is 1.39 bits per heavy atom. The van der Waals surface area contributed by atoms with Crippen molar-refractivity contribution in [2.75, 3.05) is 0 Å². The summed E-state index contributed by atoms with van der Waals surface area (Å²) in [7, 11) is 0. The van der Waals surface area contributed by atoms with Crippen LogP contribution in [0.1, 0.15) is 88.5 Å². The van der Waals surface area contributed by atoms with Gasteiger partial charge in [-0.05, 0) is 109 Å². The summed E-state index contributed by atoms with van der Waals surface area (Å²) < 4.78 is 5.11. The van der Waals surface area contributed by atoms with Gasteiger partial charge in [-0.15, -0.1) is 0 Å². The first kappa shape index (κ1) is 24.2. The number of carboxylic acid groups (broad SMARTS) is 1. The van der Waals surface area contributed by atoms with Gasteiger partial charge < -0.3 is 9.84 Å². The van der Waals surface area contributed by atoms with Crippen molar-refractivity contribution in [2.24, 2.45) is 5.41 Å². The lowest BCUT2D eigenvalue weighted by atomic mass is 9.86. The number of hydrogen-bond donors (Lipinski definition) is 1. The Morgan fingerprint density at radius 1 is 0.929 bits per heavy atom. The fraction of sp³-hybridized carbons (Fsp3) is 0.667. The molecule has 4 heteroatoms. The molecule has 0 amide bonds. The van der Waals surface area contributed by atoms with Gasteiger partial charge in [-0.3, -0.25) is 9.59 Å². The highest BCUT2D eigenvalue weighted by atomic mass is 16.5. The summed E-state index contributed by atoms with van der Waals surface area (Å²) >= 11 is 0. The second-order valence-electron chi connectivity index (χ2n) is 9.21. The van der Waals surface area contributed by atoms with E-state index in [1.54, 1.807) is 13.8 Å². The van der Waals surface area contributed by atoms with E-state index < -0.39 is 11.4 Å². The summed E-state index contributed by atoms with van der Waals surface area (Å²) in [6.07, 6.45) is 7.67. The van der Waals surface area contributed by atoms with Gasteiger partial charge in [-0.2, -0.15) is 0 Å². The van der Waals surface area contributed by atoms with Gasteiger partial charge in [0.05, 0.1) is 5.41 Å². The Bertz CT molecular complexity index is 659. The Kier molecular flexibility index (Phi) is 9.19. The molecule has 0 aromatic heterocycles. The Labute approximate surface area is 170 Å². The van der Waals surface area contributed by atoms with E-state index >= 15 is 0 Å². The molecule has 0 spiro atoms. The number of unbranched alkanes of at least 4 members (excludes halogenated alkanes) is 2. The van der Waals surface area contributed by atoms with Crippen LogP contribution in [0.3, 0.4) is 0 Å². The molecule has 0 atom stereocenters. The first-order valence-electron chi connectivity index (χ1n) is 10.4. The number of rotatable bonds is 13. The van der Waals surface area contributed by atoms with Crippen molar-refractivity contribution >= 4 is 12.4 Å². The molecule has 0 saturated heterocycles. The summed E-state index contributed by atoms with van der Waals surface area (Å²) in [4.78, 5) is 21.7. The second kappa shape index (κ2) is 10.6. The van der Waals surface area contributed by atoms with Crippen molar-refractivity contribution in [3.8, 4) is 0 Å². The van der Waals surface area contributed by atoms with Crippen LogP contribution in [0.25, 0.3) is 0 Å². The van der Waals surface area contributed by atoms with Gasteiger partial charge in [0, 0.05) is 0 Å². The zero-order valence-electron chi connectivity index (χ0n) is 18.6. The molecule has 1 N–H and O–H groups in total. The monoisotopic (exact) mass is 390 g/mol.